The molecule has 0 heterocycles. The van der Waals surface area contributed by atoms with Gasteiger partial charge in [-0.05, 0) is 30.0 Å². The molecule has 18 heavy (non-hydrogen) atoms. The van der Waals surface area contributed by atoms with Crippen LogP contribution >= 0.6 is 0 Å². The van der Waals surface area contributed by atoms with Gasteiger partial charge < -0.3 is 4.74 Å². The third-order valence-electron chi connectivity index (χ3n) is 2.92. The molecule has 0 aliphatic heterocycles. The number of halogens is 1. The van der Waals surface area contributed by atoms with Crippen molar-refractivity contribution in [3.05, 3.63) is 35.1 Å². The Morgan fingerprint density at radius 1 is 1.50 bits per heavy atom. The molecule has 1 aliphatic carbocycles. The molecule has 1 aromatic carbocycles. The second-order valence-corrected chi connectivity index (χ2v) is 4.95. The number of Topliss-reactive ketones (excluding diaryl/α,β-unsaturated/α-hetero) is 1. The van der Waals surface area contributed by atoms with E-state index in [4.69, 9.17) is 4.74 Å². The van der Waals surface area contributed by atoms with E-state index in [1.807, 2.05) is 13.8 Å². The first kappa shape index (κ1) is 12.7. The van der Waals surface area contributed by atoms with Crippen molar-refractivity contribution in [2.75, 3.05) is 6.61 Å². The Labute approximate surface area is 105 Å². The highest BCUT2D eigenvalue weighted by Crippen LogP contribution is 2.28. The number of hydrogen-bond donors (Lipinski definition) is 0. The number of ether oxygens (including phenoxy) is 1. The van der Waals surface area contributed by atoms with Crippen LogP contribution in [0, 0.1) is 17.7 Å². The van der Waals surface area contributed by atoms with Gasteiger partial charge in [-0.2, -0.15) is 0 Å². The van der Waals surface area contributed by atoms with Gasteiger partial charge in [0.15, 0.2) is 5.78 Å². The second kappa shape index (κ2) is 4.88. The van der Waals surface area contributed by atoms with Crippen LogP contribution in [0.4, 0.5) is 4.39 Å². The first-order valence-corrected chi connectivity index (χ1v) is 5.98. The SMILES string of the molecule is CC(C)COC(=O)C1Cc2ccc(F)cc2C1=O. The number of carbonyl (C=O) groups is 2. The van der Waals surface area contributed by atoms with E-state index in [1.54, 1.807) is 6.07 Å². The predicted molar refractivity (Wildman–Crippen MR) is 63.7 cm³/mol. The number of ketones is 1. The summed E-state index contributed by atoms with van der Waals surface area (Å²) >= 11 is 0. The molecule has 96 valence electrons. The van der Waals surface area contributed by atoms with Gasteiger partial charge in [0.2, 0.25) is 0 Å². The minimum atomic E-state index is -0.805. The van der Waals surface area contributed by atoms with Crippen LogP contribution in [-0.4, -0.2) is 18.4 Å². The van der Waals surface area contributed by atoms with Crippen LogP contribution in [0.3, 0.4) is 0 Å². The summed E-state index contributed by atoms with van der Waals surface area (Å²) in [6, 6.07) is 4.04. The van der Waals surface area contributed by atoms with E-state index < -0.39 is 17.7 Å². The fourth-order valence-corrected chi connectivity index (χ4v) is 2.00. The summed E-state index contributed by atoms with van der Waals surface area (Å²) < 4.78 is 18.1. The van der Waals surface area contributed by atoms with E-state index >= 15 is 0 Å². The number of esters is 1. The molecule has 1 unspecified atom stereocenters. The molecule has 1 aromatic rings. The average molecular weight is 250 g/mol. The minimum Gasteiger partial charge on any atom is -0.465 e. The molecule has 4 heteroatoms. The van der Waals surface area contributed by atoms with Gasteiger partial charge in [-0.25, -0.2) is 4.39 Å². The van der Waals surface area contributed by atoms with Crippen molar-refractivity contribution in [1.82, 2.24) is 0 Å². The van der Waals surface area contributed by atoms with Crippen LogP contribution < -0.4 is 0 Å². The average Bonchev–Trinajstić information content (AvgIpc) is 2.64. The molecule has 3 nitrogen and oxygen atoms in total. The summed E-state index contributed by atoms with van der Waals surface area (Å²) in [6.07, 6.45) is 0.311. The zero-order chi connectivity index (χ0) is 13.3. The molecule has 0 amide bonds. The molecule has 2 rings (SSSR count). The van der Waals surface area contributed by atoms with Crippen molar-refractivity contribution in [3.8, 4) is 0 Å². The lowest BCUT2D eigenvalue weighted by Crippen LogP contribution is -2.24. The van der Waals surface area contributed by atoms with Crippen molar-refractivity contribution in [1.29, 1.82) is 0 Å². The third kappa shape index (κ3) is 2.42. The number of carbonyl (C=O) groups excluding carboxylic acids is 2. The lowest BCUT2D eigenvalue weighted by molar-refractivity contribution is -0.147. The van der Waals surface area contributed by atoms with Gasteiger partial charge in [-0.1, -0.05) is 19.9 Å². The van der Waals surface area contributed by atoms with Crippen molar-refractivity contribution < 1.29 is 18.7 Å². The van der Waals surface area contributed by atoms with Gasteiger partial charge in [-0.15, -0.1) is 0 Å². The Bertz CT molecular complexity index is 494. The van der Waals surface area contributed by atoms with Crippen molar-refractivity contribution in [2.45, 2.75) is 20.3 Å². The first-order chi connectivity index (χ1) is 8.49. The summed E-state index contributed by atoms with van der Waals surface area (Å²) in [6.45, 7) is 4.15. The molecule has 1 aliphatic rings. The summed E-state index contributed by atoms with van der Waals surface area (Å²) in [5.41, 5.74) is 1.02. The predicted octanol–water partition coefficient (Wildman–Crippen LogP) is 2.38. The highest BCUT2D eigenvalue weighted by molar-refractivity contribution is 6.12. The zero-order valence-electron chi connectivity index (χ0n) is 10.4. The second-order valence-electron chi connectivity index (χ2n) is 4.95. The van der Waals surface area contributed by atoms with Crippen LogP contribution in [0.1, 0.15) is 29.8 Å². The van der Waals surface area contributed by atoms with Crippen LogP contribution in [0.2, 0.25) is 0 Å². The Kier molecular flexibility index (Phi) is 3.45. The molecule has 0 saturated heterocycles. The molecule has 0 radical (unpaired) electrons. The molecule has 1 atom stereocenters. The maximum absolute atomic E-state index is 13.0. The number of rotatable bonds is 3. The summed E-state index contributed by atoms with van der Waals surface area (Å²) in [5.74, 6) is -1.88. The van der Waals surface area contributed by atoms with E-state index in [9.17, 15) is 14.0 Å². The topological polar surface area (TPSA) is 43.4 Å². The van der Waals surface area contributed by atoms with E-state index in [-0.39, 0.29) is 11.7 Å². The molecule has 0 saturated carbocycles. The lowest BCUT2D eigenvalue weighted by atomic mass is 10.1. The van der Waals surface area contributed by atoms with E-state index in [2.05, 4.69) is 0 Å². The minimum absolute atomic E-state index is 0.227. The quantitative estimate of drug-likeness (QED) is 0.611. The summed E-state index contributed by atoms with van der Waals surface area (Å²) in [5, 5.41) is 0. The van der Waals surface area contributed by atoms with Crippen LogP contribution in [-0.2, 0) is 16.0 Å². The van der Waals surface area contributed by atoms with Gasteiger partial charge in [0, 0.05) is 5.56 Å². The molecule has 0 aromatic heterocycles. The van der Waals surface area contributed by atoms with E-state index in [1.165, 1.54) is 12.1 Å². The number of benzene rings is 1. The van der Waals surface area contributed by atoms with Gasteiger partial charge in [-0.3, -0.25) is 9.59 Å². The maximum Gasteiger partial charge on any atom is 0.317 e. The molecular formula is C14H15FO3. The zero-order valence-corrected chi connectivity index (χ0v) is 10.4. The van der Waals surface area contributed by atoms with Crippen molar-refractivity contribution in [3.63, 3.8) is 0 Å². The highest BCUT2D eigenvalue weighted by Gasteiger charge is 2.37. The van der Waals surface area contributed by atoms with E-state index in [0.717, 1.165) is 0 Å². The van der Waals surface area contributed by atoms with Gasteiger partial charge in [0.25, 0.3) is 0 Å². The number of hydrogen-bond acceptors (Lipinski definition) is 3. The summed E-state index contributed by atoms with van der Waals surface area (Å²) in [7, 11) is 0. The lowest BCUT2D eigenvalue weighted by Gasteiger charge is -2.10. The van der Waals surface area contributed by atoms with Crippen molar-refractivity contribution >= 4 is 11.8 Å². The van der Waals surface area contributed by atoms with Crippen molar-refractivity contribution in [2.24, 2.45) is 11.8 Å². The smallest absolute Gasteiger partial charge is 0.317 e. The maximum atomic E-state index is 13.0. The van der Waals surface area contributed by atoms with Gasteiger partial charge in [0.05, 0.1) is 6.61 Å². The fourth-order valence-electron chi connectivity index (χ4n) is 2.00. The van der Waals surface area contributed by atoms with Gasteiger partial charge in [0.1, 0.15) is 11.7 Å². The molecule has 0 spiro atoms. The standard InChI is InChI=1S/C14H15FO3/c1-8(2)7-18-14(17)12-5-9-3-4-10(15)6-11(9)13(12)16/h3-4,6,8,12H,5,7H2,1-2H3. The first-order valence-electron chi connectivity index (χ1n) is 5.98. The molecule has 0 N–H and O–H groups in total. The third-order valence-corrected chi connectivity index (χ3v) is 2.92. The Hall–Kier alpha value is -1.71. The normalized spacial score (nSPS) is 18.0. The monoisotopic (exact) mass is 250 g/mol. The highest BCUT2D eigenvalue weighted by atomic mass is 19.1. The van der Waals surface area contributed by atoms with Crippen LogP contribution in [0.5, 0.6) is 0 Å². The fraction of sp³-hybridized carbons (Fsp3) is 0.429. The van der Waals surface area contributed by atoms with E-state index in [0.29, 0.717) is 24.2 Å². The molecule has 0 bridgehead atoms. The largest absolute Gasteiger partial charge is 0.465 e. The Morgan fingerprint density at radius 2 is 2.22 bits per heavy atom. The summed E-state index contributed by atoms with van der Waals surface area (Å²) in [4.78, 5) is 23.7. The molecule has 0 fully saturated rings. The van der Waals surface area contributed by atoms with Crippen LogP contribution in [0.15, 0.2) is 18.2 Å². The Morgan fingerprint density at radius 3 is 2.89 bits per heavy atom. The molecular weight excluding hydrogens is 235 g/mol. The van der Waals surface area contributed by atoms with Gasteiger partial charge >= 0.3 is 5.97 Å². The van der Waals surface area contributed by atoms with Crippen LogP contribution in [0.25, 0.3) is 0 Å². The number of fused-ring (bicyclic) bond motifs is 1. The Balaban J connectivity index is 2.11.